The molecule has 1 N–H and O–H groups in total. The maximum Gasteiger partial charge on any atom is 0.120 e. The van der Waals surface area contributed by atoms with E-state index in [0.29, 0.717) is 6.61 Å². The molecule has 3 rings (SSSR count). The lowest BCUT2D eigenvalue weighted by Crippen LogP contribution is -2.00. The summed E-state index contributed by atoms with van der Waals surface area (Å²) in [5.41, 5.74) is 3.36. The van der Waals surface area contributed by atoms with Crippen molar-refractivity contribution in [2.24, 2.45) is 0 Å². The summed E-state index contributed by atoms with van der Waals surface area (Å²) in [4.78, 5) is 0. The summed E-state index contributed by atoms with van der Waals surface area (Å²) in [5.74, 6) is 0.861. The van der Waals surface area contributed by atoms with Crippen LogP contribution in [-0.2, 0) is 13.2 Å². The van der Waals surface area contributed by atoms with Crippen LogP contribution in [0.1, 0.15) is 11.1 Å². The first-order valence-electron chi connectivity index (χ1n) is 7.65. The van der Waals surface area contributed by atoms with E-state index >= 15 is 0 Å². The van der Waals surface area contributed by atoms with Crippen molar-refractivity contribution in [3.8, 4) is 5.75 Å². The fourth-order valence-electron chi connectivity index (χ4n) is 2.26. The molecule has 4 heteroatoms. The molecule has 0 atom stereocenters. The zero-order valence-electron chi connectivity index (χ0n) is 13.0. The van der Waals surface area contributed by atoms with E-state index in [4.69, 9.17) is 16.3 Å². The van der Waals surface area contributed by atoms with Gasteiger partial charge in [-0.15, -0.1) is 0 Å². The van der Waals surface area contributed by atoms with E-state index in [1.807, 2.05) is 60.7 Å². The van der Waals surface area contributed by atoms with Crippen LogP contribution in [0.3, 0.4) is 0 Å². The number of nitrogens with one attached hydrogen (secondary N) is 1. The Labute approximate surface area is 155 Å². The molecular weight excluding hydrogens is 386 g/mol. The van der Waals surface area contributed by atoms with Gasteiger partial charge in [0.15, 0.2) is 0 Å². The molecule has 0 aliphatic heterocycles. The van der Waals surface area contributed by atoms with Gasteiger partial charge in [-0.1, -0.05) is 51.8 Å². The zero-order valence-corrected chi connectivity index (χ0v) is 15.3. The molecule has 0 unspecified atom stereocenters. The van der Waals surface area contributed by atoms with Crippen LogP contribution in [0.2, 0.25) is 5.02 Å². The van der Waals surface area contributed by atoms with Crippen molar-refractivity contribution in [1.29, 1.82) is 0 Å². The molecule has 0 heterocycles. The van der Waals surface area contributed by atoms with E-state index < -0.39 is 0 Å². The second-order valence-corrected chi connectivity index (χ2v) is 6.78. The van der Waals surface area contributed by atoms with Crippen molar-refractivity contribution < 1.29 is 4.74 Å². The quantitative estimate of drug-likeness (QED) is 0.523. The smallest absolute Gasteiger partial charge is 0.120 e. The van der Waals surface area contributed by atoms with Gasteiger partial charge >= 0.3 is 0 Å². The lowest BCUT2D eigenvalue weighted by molar-refractivity contribution is 0.306. The van der Waals surface area contributed by atoms with Crippen LogP contribution in [0.4, 0.5) is 5.69 Å². The predicted octanol–water partition coefficient (Wildman–Crippen LogP) is 6.29. The molecule has 24 heavy (non-hydrogen) atoms. The van der Waals surface area contributed by atoms with Crippen molar-refractivity contribution in [3.05, 3.63) is 93.4 Å². The largest absolute Gasteiger partial charge is 0.489 e. The molecule has 0 aliphatic carbocycles. The first kappa shape index (κ1) is 16.9. The minimum absolute atomic E-state index is 0.529. The van der Waals surface area contributed by atoms with E-state index in [2.05, 4.69) is 33.4 Å². The summed E-state index contributed by atoms with van der Waals surface area (Å²) < 4.78 is 6.94. The molecule has 0 radical (unpaired) electrons. The molecule has 122 valence electrons. The Morgan fingerprint density at radius 1 is 0.875 bits per heavy atom. The number of benzene rings is 3. The van der Waals surface area contributed by atoms with Gasteiger partial charge in [-0.2, -0.15) is 0 Å². The lowest BCUT2D eigenvalue weighted by Gasteiger charge is -2.10. The highest BCUT2D eigenvalue weighted by atomic mass is 79.9. The number of anilines is 1. The van der Waals surface area contributed by atoms with Crippen molar-refractivity contribution in [2.45, 2.75) is 13.2 Å². The number of rotatable bonds is 6. The number of halogens is 2. The van der Waals surface area contributed by atoms with Crippen molar-refractivity contribution in [3.63, 3.8) is 0 Å². The molecule has 0 aromatic heterocycles. The fourth-order valence-corrected chi connectivity index (χ4v) is 2.65. The molecule has 0 saturated heterocycles. The van der Waals surface area contributed by atoms with Crippen LogP contribution < -0.4 is 10.1 Å². The van der Waals surface area contributed by atoms with E-state index in [0.717, 1.165) is 33.0 Å². The van der Waals surface area contributed by atoms with Gasteiger partial charge in [0.1, 0.15) is 12.4 Å². The maximum absolute atomic E-state index is 5.89. The molecule has 0 spiro atoms. The highest BCUT2D eigenvalue weighted by Crippen LogP contribution is 2.18. The van der Waals surface area contributed by atoms with Gasteiger partial charge in [-0.05, 0) is 59.7 Å². The molecule has 3 aromatic carbocycles. The second kappa shape index (κ2) is 8.22. The number of hydrogen-bond donors (Lipinski definition) is 1. The van der Waals surface area contributed by atoms with Gasteiger partial charge in [0.2, 0.25) is 0 Å². The average molecular weight is 403 g/mol. The van der Waals surface area contributed by atoms with E-state index in [-0.39, 0.29) is 0 Å². The van der Waals surface area contributed by atoms with Gasteiger partial charge < -0.3 is 10.1 Å². The summed E-state index contributed by atoms with van der Waals surface area (Å²) >= 11 is 9.33. The molecule has 0 bridgehead atoms. The van der Waals surface area contributed by atoms with E-state index in [1.165, 1.54) is 5.56 Å². The van der Waals surface area contributed by atoms with Crippen LogP contribution in [-0.4, -0.2) is 0 Å². The second-order valence-electron chi connectivity index (χ2n) is 5.42. The average Bonchev–Trinajstić information content (AvgIpc) is 2.61. The SMILES string of the molecule is Clc1ccc(COc2cccc(CNc3ccc(Br)cc3)c2)cc1. The summed E-state index contributed by atoms with van der Waals surface area (Å²) in [5, 5.41) is 4.14. The first-order valence-corrected chi connectivity index (χ1v) is 8.82. The number of ether oxygens (including phenoxy) is 1. The first-order chi connectivity index (χ1) is 11.7. The Kier molecular flexibility index (Phi) is 5.78. The van der Waals surface area contributed by atoms with Gasteiger partial charge in [0, 0.05) is 21.7 Å². The van der Waals surface area contributed by atoms with Crippen LogP contribution >= 0.6 is 27.5 Å². The fraction of sp³-hybridized carbons (Fsp3) is 0.100. The molecule has 2 nitrogen and oxygen atoms in total. The van der Waals surface area contributed by atoms with Gasteiger partial charge in [0.05, 0.1) is 0 Å². The summed E-state index contributed by atoms with van der Waals surface area (Å²) in [6.45, 7) is 1.28. The van der Waals surface area contributed by atoms with E-state index in [9.17, 15) is 0 Å². The summed E-state index contributed by atoms with van der Waals surface area (Å²) in [7, 11) is 0. The zero-order chi connectivity index (χ0) is 16.8. The monoisotopic (exact) mass is 401 g/mol. The molecular formula is C20H17BrClNO. The standard InChI is InChI=1S/C20H17BrClNO/c21-17-6-10-19(11-7-17)23-13-16-2-1-3-20(12-16)24-14-15-4-8-18(22)9-5-15/h1-12,23H,13-14H2. The molecule has 0 amide bonds. The normalized spacial score (nSPS) is 10.4. The van der Waals surface area contributed by atoms with Crippen LogP contribution in [0.25, 0.3) is 0 Å². The highest BCUT2D eigenvalue weighted by Gasteiger charge is 2.00. The highest BCUT2D eigenvalue weighted by molar-refractivity contribution is 9.10. The maximum atomic E-state index is 5.89. The van der Waals surface area contributed by atoms with Crippen LogP contribution in [0, 0.1) is 0 Å². The Hall–Kier alpha value is -1.97. The predicted molar refractivity (Wildman–Crippen MR) is 104 cm³/mol. The van der Waals surface area contributed by atoms with Crippen LogP contribution in [0.5, 0.6) is 5.75 Å². The van der Waals surface area contributed by atoms with Crippen molar-refractivity contribution >= 4 is 33.2 Å². The van der Waals surface area contributed by atoms with Crippen molar-refractivity contribution in [2.75, 3.05) is 5.32 Å². The molecule has 3 aromatic rings. The Bertz CT molecular complexity index is 723. The Balaban J connectivity index is 1.57. The minimum Gasteiger partial charge on any atom is -0.489 e. The third-order valence-electron chi connectivity index (χ3n) is 3.56. The third kappa shape index (κ3) is 5.02. The van der Waals surface area contributed by atoms with Gasteiger partial charge in [-0.3, -0.25) is 0 Å². The summed E-state index contributed by atoms with van der Waals surface area (Å²) in [6, 6.07) is 24.0. The third-order valence-corrected chi connectivity index (χ3v) is 4.34. The Morgan fingerprint density at radius 2 is 1.62 bits per heavy atom. The van der Waals surface area contributed by atoms with Crippen LogP contribution in [0.15, 0.2) is 77.3 Å². The Morgan fingerprint density at radius 3 is 2.38 bits per heavy atom. The van der Waals surface area contributed by atoms with Crippen molar-refractivity contribution in [1.82, 2.24) is 0 Å². The minimum atomic E-state index is 0.529. The van der Waals surface area contributed by atoms with Gasteiger partial charge in [-0.25, -0.2) is 0 Å². The number of hydrogen-bond acceptors (Lipinski definition) is 2. The topological polar surface area (TPSA) is 21.3 Å². The summed E-state index contributed by atoms with van der Waals surface area (Å²) in [6.07, 6.45) is 0. The molecule has 0 fully saturated rings. The molecule has 0 saturated carbocycles. The van der Waals surface area contributed by atoms with E-state index in [1.54, 1.807) is 0 Å². The molecule has 0 aliphatic rings. The lowest BCUT2D eigenvalue weighted by atomic mass is 10.2. The van der Waals surface area contributed by atoms with Gasteiger partial charge in [0.25, 0.3) is 0 Å².